The van der Waals surface area contributed by atoms with Gasteiger partial charge in [-0.2, -0.15) is 0 Å². The van der Waals surface area contributed by atoms with E-state index in [0.29, 0.717) is 12.0 Å². The van der Waals surface area contributed by atoms with Gasteiger partial charge in [0.25, 0.3) is 5.91 Å². The van der Waals surface area contributed by atoms with Crippen molar-refractivity contribution >= 4 is 17.8 Å². The smallest absolute Gasteiger partial charge is 0.251 e. The summed E-state index contributed by atoms with van der Waals surface area (Å²) in [6, 6.07) is 13.6. The topological polar surface area (TPSA) is 97.0 Å². The van der Waals surface area contributed by atoms with Crippen molar-refractivity contribution in [2.45, 2.75) is 63.1 Å². The number of carbonyl (C=O) groups is 2. The van der Waals surface area contributed by atoms with E-state index in [-0.39, 0.29) is 36.5 Å². The number of fused-ring (bicyclic) bond motifs is 5. The fourth-order valence-corrected chi connectivity index (χ4v) is 5.50. The number of rotatable bonds is 2. The van der Waals surface area contributed by atoms with Crippen LogP contribution >= 0.6 is 0 Å². The molecule has 7 heteroatoms. The number of amides is 2. The van der Waals surface area contributed by atoms with Crippen LogP contribution in [0.4, 0.5) is 0 Å². The molecule has 6 rings (SSSR count). The number of nitrogens with zero attached hydrogens (tertiary/aromatic N) is 2. The van der Waals surface area contributed by atoms with Crippen LogP contribution in [-0.4, -0.2) is 42.4 Å². The van der Waals surface area contributed by atoms with Gasteiger partial charge in [0.1, 0.15) is 0 Å². The van der Waals surface area contributed by atoms with Crippen molar-refractivity contribution in [3.63, 3.8) is 0 Å². The van der Waals surface area contributed by atoms with E-state index in [9.17, 15) is 9.59 Å². The lowest BCUT2D eigenvalue weighted by atomic mass is 9.97. The first-order chi connectivity index (χ1) is 16.5. The highest BCUT2D eigenvalue weighted by atomic mass is 16.5. The van der Waals surface area contributed by atoms with E-state index in [1.165, 1.54) is 21.6 Å². The van der Waals surface area contributed by atoms with E-state index in [4.69, 9.17) is 10.5 Å². The predicted octanol–water partition coefficient (Wildman–Crippen LogP) is 3.43. The van der Waals surface area contributed by atoms with E-state index >= 15 is 0 Å². The minimum Gasteiger partial charge on any atom is -0.382 e. The third-order valence-corrected chi connectivity index (χ3v) is 7.26. The van der Waals surface area contributed by atoms with Crippen molar-refractivity contribution in [2.75, 3.05) is 13.7 Å². The summed E-state index contributed by atoms with van der Waals surface area (Å²) in [6.45, 7) is 0.260. The number of aliphatic imine (C=N–C) groups is 1. The Bertz CT molecular complexity index is 1130. The van der Waals surface area contributed by atoms with Gasteiger partial charge in [0.05, 0.1) is 24.7 Å². The molecule has 3 heterocycles. The molecule has 0 radical (unpaired) electrons. The predicted molar refractivity (Wildman–Crippen MR) is 130 cm³/mol. The van der Waals surface area contributed by atoms with Crippen LogP contribution in [-0.2, 0) is 22.4 Å². The highest BCUT2D eigenvalue weighted by Crippen LogP contribution is 2.33. The summed E-state index contributed by atoms with van der Waals surface area (Å²) in [5.41, 5.74) is 11.5. The number of guanidine groups is 1. The van der Waals surface area contributed by atoms with Crippen LogP contribution in [0.25, 0.3) is 0 Å². The van der Waals surface area contributed by atoms with Crippen LogP contribution < -0.4 is 11.1 Å². The molecule has 3 aliphatic heterocycles. The Kier molecular flexibility index (Phi) is 6.37. The number of carbonyl (C=O) groups excluding carboxylic acids is 2. The number of aryl methyl sites for hydroxylation is 2. The summed E-state index contributed by atoms with van der Waals surface area (Å²) in [7, 11) is 1.60. The Hall–Kier alpha value is -3.19. The Balaban J connectivity index is 1.53. The zero-order chi connectivity index (χ0) is 23.7. The van der Waals surface area contributed by atoms with Gasteiger partial charge < -0.3 is 15.8 Å². The molecule has 34 heavy (non-hydrogen) atoms. The van der Waals surface area contributed by atoms with Crippen molar-refractivity contribution in [3.8, 4) is 0 Å². The van der Waals surface area contributed by atoms with Crippen LogP contribution in [0, 0.1) is 0 Å². The van der Waals surface area contributed by atoms with Crippen LogP contribution in [0.1, 0.15) is 76.8 Å². The lowest BCUT2D eigenvalue weighted by Crippen LogP contribution is -2.50. The third-order valence-electron chi connectivity index (χ3n) is 7.26. The molecule has 3 atom stereocenters. The molecule has 7 nitrogen and oxygen atoms in total. The van der Waals surface area contributed by atoms with Crippen LogP contribution in [0.5, 0.6) is 0 Å². The molecule has 2 aromatic rings. The Morgan fingerprint density at radius 2 is 2.00 bits per heavy atom. The largest absolute Gasteiger partial charge is 0.382 e. The summed E-state index contributed by atoms with van der Waals surface area (Å²) >= 11 is 0. The summed E-state index contributed by atoms with van der Waals surface area (Å²) in [6.07, 6.45) is 6.04. The average Bonchev–Trinajstić information content (AvgIpc) is 3.22. The molecule has 3 N–H and O–H groups in total. The van der Waals surface area contributed by atoms with Gasteiger partial charge in [-0.25, -0.2) is 4.99 Å². The fourth-order valence-electron chi connectivity index (χ4n) is 5.50. The van der Waals surface area contributed by atoms with Crippen LogP contribution in [0.3, 0.4) is 0 Å². The second-order valence-corrected chi connectivity index (χ2v) is 9.55. The number of methoxy groups -OCH3 is 1. The molecule has 0 spiro atoms. The second-order valence-electron chi connectivity index (χ2n) is 9.55. The number of nitrogens with one attached hydrogen (secondary N) is 1. The minimum atomic E-state index is -0.441. The molecule has 0 saturated heterocycles. The van der Waals surface area contributed by atoms with E-state index in [1.807, 2.05) is 18.2 Å². The van der Waals surface area contributed by atoms with Crippen molar-refractivity contribution in [1.29, 1.82) is 0 Å². The average molecular weight is 461 g/mol. The standard InChI is InChI=1S/C27H32N4O3/c1-34-16-24-19-6-4-7-20(14-19)26(33)30-23-12-11-18-10-9-17(13-22(18)23)5-2-3-8-21-15-25(32)31(24)27(28)29-21/h4,6-7,9-10,13-14,21,23-24H,2-3,5,8,11-12,15-16H2,1H3,(H2,28,29)(H,30,33). The third kappa shape index (κ3) is 4.44. The molecular weight excluding hydrogens is 428 g/mol. The SMILES string of the molecule is COCC1c2cccc(c2)C(=O)NC2CCc3ccc(cc32)CCCCC2CC(=O)N1C(N)=N2. The van der Waals surface area contributed by atoms with Crippen LogP contribution in [0.15, 0.2) is 47.5 Å². The Morgan fingerprint density at radius 1 is 1.12 bits per heavy atom. The molecule has 0 aromatic heterocycles. The fraction of sp³-hybridized carbons (Fsp3) is 0.444. The normalized spacial score (nSPS) is 24.9. The van der Waals surface area contributed by atoms with Crippen molar-refractivity contribution < 1.29 is 14.3 Å². The van der Waals surface area contributed by atoms with Crippen molar-refractivity contribution in [2.24, 2.45) is 10.7 Å². The van der Waals surface area contributed by atoms with Crippen molar-refractivity contribution in [1.82, 2.24) is 10.2 Å². The zero-order valence-electron chi connectivity index (χ0n) is 19.6. The van der Waals surface area contributed by atoms with Gasteiger partial charge >= 0.3 is 0 Å². The van der Waals surface area contributed by atoms with Gasteiger partial charge in [-0.3, -0.25) is 14.5 Å². The molecule has 0 saturated carbocycles. The number of hydrogen-bond donors (Lipinski definition) is 2. The highest BCUT2D eigenvalue weighted by molar-refractivity contribution is 5.99. The second kappa shape index (κ2) is 9.58. The first kappa shape index (κ1) is 22.6. The lowest BCUT2D eigenvalue weighted by molar-refractivity contribution is -0.131. The monoisotopic (exact) mass is 460 g/mol. The lowest BCUT2D eigenvalue weighted by Gasteiger charge is -2.35. The Labute approximate surface area is 200 Å². The molecular formula is C27H32N4O3. The van der Waals surface area contributed by atoms with Gasteiger partial charge in [-0.1, -0.05) is 36.8 Å². The van der Waals surface area contributed by atoms with Gasteiger partial charge in [0, 0.05) is 19.1 Å². The maximum atomic E-state index is 13.2. The number of hydrogen-bond acceptors (Lipinski definition) is 5. The molecule has 2 amide bonds. The van der Waals surface area contributed by atoms with E-state index < -0.39 is 6.04 Å². The van der Waals surface area contributed by atoms with Gasteiger partial charge in [0.2, 0.25) is 5.91 Å². The minimum absolute atomic E-state index is 0.0175. The zero-order valence-corrected chi connectivity index (χ0v) is 19.6. The van der Waals surface area contributed by atoms with Gasteiger partial charge in [0.15, 0.2) is 5.96 Å². The van der Waals surface area contributed by atoms with E-state index in [0.717, 1.165) is 44.1 Å². The van der Waals surface area contributed by atoms with Crippen molar-refractivity contribution in [3.05, 3.63) is 70.3 Å². The van der Waals surface area contributed by atoms with E-state index in [1.54, 1.807) is 13.2 Å². The maximum Gasteiger partial charge on any atom is 0.251 e. The molecule has 3 unspecified atom stereocenters. The number of benzene rings is 2. The molecule has 178 valence electrons. The van der Waals surface area contributed by atoms with Gasteiger partial charge in [-0.05, 0) is 66.5 Å². The van der Waals surface area contributed by atoms with Gasteiger partial charge in [-0.15, -0.1) is 0 Å². The molecule has 6 bridgehead atoms. The molecule has 2 aromatic carbocycles. The first-order valence-electron chi connectivity index (χ1n) is 12.2. The van der Waals surface area contributed by atoms with Crippen LogP contribution in [0.2, 0.25) is 0 Å². The summed E-state index contributed by atoms with van der Waals surface area (Å²) in [5.74, 6) is 0.0567. The molecule has 0 fully saturated rings. The summed E-state index contributed by atoms with van der Waals surface area (Å²) in [4.78, 5) is 32.6. The summed E-state index contributed by atoms with van der Waals surface area (Å²) < 4.78 is 5.45. The Morgan fingerprint density at radius 3 is 2.82 bits per heavy atom. The maximum absolute atomic E-state index is 13.2. The quantitative estimate of drug-likeness (QED) is 0.718. The molecule has 4 aliphatic rings. The van der Waals surface area contributed by atoms with E-state index in [2.05, 4.69) is 28.5 Å². The highest BCUT2D eigenvalue weighted by Gasteiger charge is 2.34. The number of ether oxygens (including phenoxy) is 1. The number of nitrogens with two attached hydrogens (primary N) is 1. The summed E-state index contributed by atoms with van der Waals surface area (Å²) in [5, 5.41) is 3.24. The first-order valence-corrected chi connectivity index (χ1v) is 12.2. The molecule has 1 aliphatic carbocycles.